The highest BCUT2D eigenvalue weighted by Gasteiger charge is 2.34. The minimum absolute atomic E-state index is 0.00235. The van der Waals surface area contributed by atoms with Crippen molar-refractivity contribution in [3.8, 4) is 5.75 Å². The molecule has 3 aromatic carbocycles. The molecule has 1 N–H and O–H groups in total. The summed E-state index contributed by atoms with van der Waals surface area (Å²) in [7, 11) is 0. The van der Waals surface area contributed by atoms with E-state index in [1.807, 2.05) is 18.2 Å². The number of hydrazine groups is 1. The molecule has 0 bridgehead atoms. The first-order valence-electron chi connectivity index (χ1n) is 9.10. The van der Waals surface area contributed by atoms with Crippen LogP contribution >= 0.6 is 23.2 Å². The number of benzene rings is 3. The van der Waals surface area contributed by atoms with Gasteiger partial charge in [-0.2, -0.15) is 0 Å². The van der Waals surface area contributed by atoms with Crippen molar-refractivity contribution in [1.29, 1.82) is 0 Å². The zero-order chi connectivity index (χ0) is 21.1. The average molecular weight is 439 g/mol. The highest BCUT2D eigenvalue weighted by atomic mass is 35.5. The van der Waals surface area contributed by atoms with Crippen molar-refractivity contribution in [3.05, 3.63) is 99.5 Å². The van der Waals surface area contributed by atoms with Gasteiger partial charge in [-0.25, -0.2) is 5.01 Å². The minimum Gasteiger partial charge on any atom is -0.488 e. The Labute approximate surface area is 183 Å². The van der Waals surface area contributed by atoms with Gasteiger partial charge < -0.3 is 4.74 Å². The van der Waals surface area contributed by atoms with Gasteiger partial charge >= 0.3 is 0 Å². The number of ether oxygens (including phenoxy) is 1. The fraction of sp³-hybridized carbons (Fsp3) is 0.0435. The van der Waals surface area contributed by atoms with Crippen molar-refractivity contribution in [3.63, 3.8) is 0 Å². The molecule has 3 aromatic rings. The molecule has 1 saturated heterocycles. The van der Waals surface area contributed by atoms with E-state index in [1.165, 1.54) is 11.1 Å². The lowest BCUT2D eigenvalue weighted by molar-refractivity contribution is -0.117. The molecule has 0 unspecified atom stereocenters. The Morgan fingerprint density at radius 3 is 2.33 bits per heavy atom. The standard InChI is InChI=1S/C23H16Cl2N2O3/c24-17-8-6-15(7-9-17)14-30-21-11-10-18(25)12-16(21)13-20-22(28)26-27(23(20)29)19-4-2-1-3-5-19/h1-13H,14H2,(H,26,28)/b20-13+. The van der Waals surface area contributed by atoms with E-state index in [2.05, 4.69) is 5.43 Å². The summed E-state index contributed by atoms with van der Waals surface area (Å²) in [6.45, 7) is 0.297. The molecule has 0 radical (unpaired) electrons. The molecule has 2 amide bonds. The van der Waals surface area contributed by atoms with Gasteiger partial charge in [0.1, 0.15) is 17.9 Å². The van der Waals surface area contributed by atoms with E-state index < -0.39 is 11.8 Å². The summed E-state index contributed by atoms with van der Waals surface area (Å²) in [6, 6.07) is 21.2. The maximum absolute atomic E-state index is 12.8. The highest BCUT2D eigenvalue weighted by Crippen LogP contribution is 2.28. The normalized spacial score (nSPS) is 14.9. The smallest absolute Gasteiger partial charge is 0.282 e. The molecule has 1 heterocycles. The van der Waals surface area contributed by atoms with Crippen molar-refractivity contribution in [2.24, 2.45) is 0 Å². The van der Waals surface area contributed by atoms with E-state index in [1.54, 1.807) is 54.6 Å². The van der Waals surface area contributed by atoms with Crippen LogP contribution in [0, 0.1) is 0 Å². The lowest BCUT2D eigenvalue weighted by Crippen LogP contribution is -2.35. The zero-order valence-corrected chi connectivity index (χ0v) is 17.2. The van der Waals surface area contributed by atoms with Crippen molar-refractivity contribution < 1.29 is 14.3 Å². The van der Waals surface area contributed by atoms with Crippen LogP contribution in [0.3, 0.4) is 0 Å². The zero-order valence-electron chi connectivity index (χ0n) is 15.6. The number of nitrogens with one attached hydrogen (secondary N) is 1. The maximum atomic E-state index is 12.8. The SMILES string of the molecule is O=C1NN(c2ccccc2)C(=O)/C1=C/c1cc(Cl)ccc1OCc1ccc(Cl)cc1. The molecule has 150 valence electrons. The van der Waals surface area contributed by atoms with Crippen LogP contribution in [0.25, 0.3) is 6.08 Å². The Kier molecular flexibility index (Phi) is 5.74. The van der Waals surface area contributed by atoms with Crippen LogP contribution in [-0.2, 0) is 16.2 Å². The number of rotatable bonds is 5. The van der Waals surface area contributed by atoms with Crippen molar-refractivity contribution >= 4 is 46.8 Å². The van der Waals surface area contributed by atoms with E-state index in [-0.39, 0.29) is 5.57 Å². The predicted octanol–water partition coefficient (Wildman–Crippen LogP) is 5.03. The fourth-order valence-corrected chi connectivity index (χ4v) is 3.28. The topological polar surface area (TPSA) is 58.6 Å². The summed E-state index contributed by atoms with van der Waals surface area (Å²) in [6.07, 6.45) is 1.49. The second-order valence-corrected chi connectivity index (χ2v) is 7.45. The Bertz CT molecular complexity index is 1130. The van der Waals surface area contributed by atoms with Gasteiger partial charge in [0.05, 0.1) is 5.69 Å². The van der Waals surface area contributed by atoms with Crippen LogP contribution in [-0.4, -0.2) is 11.8 Å². The van der Waals surface area contributed by atoms with Crippen LogP contribution in [0.5, 0.6) is 5.75 Å². The molecule has 7 heteroatoms. The molecular weight excluding hydrogens is 423 g/mol. The number of carbonyl (C=O) groups is 2. The number of hydrogen-bond acceptors (Lipinski definition) is 3. The second-order valence-electron chi connectivity index (χ2n) is 6.57. The number of anilines is 1. The van der Waals surface area contributed by atoms with Crippen LogP contribution in [0.4, 0.5) is 5.69 Å². The maximum Gasteiger partial charge on any atom is 0.282 e. The minimum atomic E-state index is -0.493. The van der Waals surface area contributed by atoms with Gasteiger partial charge in [-0.3, -0.25) is 15.0 Å². The summed E-state index contributed by atoms with van der Waals surface area (Å²) in [5, 5.41) is 2.32. The van der Waals surface area contributed by atoms with Crippen molar-refractivity contribution in [2.75, 3.05) is 5.01 Å². The average Bonchev–Trinajstić information content (AvgIpc) is 3.03. The molecule has 30 heavy (non-hydrogen) atoms. The number of halogens is 2. The Balaban J connectivity index is 1.61. The number of hydrogen-bond donors (Lipinski definition) is 1. The summed E-state index contributed by atoms with van der Waals surface area (Å²) < 4.78 is 5.91. The Hall–Kier alpha value is -3.28. The fourth-order valence-electron chi connectivity index (χ4n) is 2.98. The van der Waals surface area contributed by atoms with Crippen molar-refractivity contribution in [1.82, 2.24) is 5.43 Å². The molecule has 4 rings (SSSR count). The monoisotopic (exact) mass is 438 g/mol. The van der Waals surface area contributed by atoms with Gasteiger partial charge in [0.2, 0.25) is 0 Å². The summed E-state index contributed by atoms with van der Waals surface area (Å²) >= 11 is 12.1. The van der Waals surface area contributed by atoms with Crippen LogP contribution in [0.2, 0.25) is 10.0 Å². The molecule has 0 aliphatic carbocycles. The number of amides is 2. The number of para-hydroxylation sites is 1. The summed E-state index contributed by atoms with van der Waals surface area (Å²) in [5.74, 6) is -0.442. The summed E-state index contributed by atoms with van der Waals surface area (Å²) in [5.41, 5.74) is 4.61. The third kappa shape index (κ3) is 4.32. The molecule has 1 fully saturated rings. The van der Waals surface area contributed by atoms with Gasteiger partial charge in [0, 0.05) is 15.6 Å². The van der Waals surface area contributed by atoms with Crippen molar-refractivity contribution in [2.45, 2.75) is 6.61 Å². The first-order valence-corrected chi connectivity index (χ1v) is 9.86. The second kappa shape index (κ2) is 8.61. The van der Waals surface area contributed by atoms with Gasteiger partial charge in [0.25, 0.3) is 11.8 Å². The van der Waals surface area contributed by atoms with Gasteiger partial charge in [-0.05, 0) is 54.1 Å². The molecular formula is C23H16Cl2N2O3. The van der Waals surface area contributed by atoms with E-state index in [0.717, 1.165) is 5.56 Å². The molecule has 5 nitrogen and oxygen atoms in total. The molecule has 1 aliphatic rings. The molecule has 0 saturated carbocycles. The quantitative estimate of drug-likeness (QED) is 0.448. The third-order valence-corrected chi connectivity index (χ3v) is 4.97. The Morgan fingerprint density at radius 2 is 1.60 bits per heavy atom. The number of nitrogens with zero attached hydrogens (tertiary/aromatic N) is 1. The third-order valence-electron chi connectivity index (χ3n) is 4.49. The highest BCUT2D eigenvalue weighted by molar-refractivity contribution is 6.32. The molecule has 1 aliphatic heterocycles. The molecule has 0 aromatic heterocycles. The van der Waals surface area contributed by atoms with E-state index in [0.29, 0.717) is 33.7 Å². The first-order chi connectivity index (χ1) is 14.5. The van der Waals surface area contributed by atoms with Gasteiger partial charge in [0.15, 0.2) is 0 Å². The van der Waals surface area contributed by atoms with E-state index in [4.69, 9.17) is 27.9 Å². The van der Waals surface area contributed by atoms with Crippen LogP contribution < -0.4 is 15.2 Å². The van der Waals surface area contributed by atoms with Crippen LogP contribution in [0.15, 0.2) is 78.4 Å². The predicted molar refractivity (Wildman–Crippen MR) is 117 cm³/mol. The van der Waals surface area contributed by atoms with E-state index >= 15 is 0 Å². The largest absolute Gasteiger partial charge is 0.488 e. The molecule has 0 spiro atoms. The Morgan fingerprint density at radius 1 is 0.900 bits per heavy atom. The summed E-state index contributed by atoms with van der Waals surface area (Å²) in [4.78, 5) is 25.3. The lowest BCUT2D eigenvalue weighted by atomic mass is 10.1. The first kappa shape index (κ1) is 20.0. The lowest BCUT2D eigenvalue weighted by Gasteiger charge is -2.14. The van der Waals surface area contributed by atoms with E-state index in [9.17, 15) is 9.59 Å². The number of carbonyl (C=O) groups excluding carboxylic acids is 2. The molecule has 0 atom stereocenters. The van der Waals surface area contributed by atoms with Gasteiger partial charge in [-0.15, -0.1) is 0 Å². The van der Waals surface area contributed by atoms with Crippen LogP contribution in [0.1, 0.15) is 11.1 Å². The van der Waals surface area contributed by atoms with Gasteiger partial charge in [-0.1, -0.05) is 53.5 Å².